The third-order valence-corrected chi connectivity index (χ3v) is 3.47. The fraction of sp³-hybridized carbons (Fsp3) is 0.500. The Bertz CT molecular complexity index is 519. The molecule has 0 bridgehead atoms. The van der Waals surface area contributed by atoms with Crippen LogP contribution in [-0.2, 0) is 0 Å². The van der Waals surface area contributed by atoms with Crippen LogP contribution in [0.3, 0.4) is 0 Å². The average Bonchev–Trinajstić information content (AvgIpc) is 2.48. The Labute approximate surface area is 117 Å². The number of hydrogen-bond acceptors (Lipinski definition) is 5. The van der Waals surface area contributed by atoms with Crippen LogP contribution >= 0.6 is 0 Å². The Balaban J connectivity index is 1.96. The molecule has 2 rings (SSSR count). The zero-order chi connectivity index (χ0) is 14.4. The van der Waals surface area contributed by atoms with Gasteiger partial charge in [-0.15, -0.1) is 0 Å². The molecule has 0 aromatic heterocycles. The summed E-state index contributed by atoms with van der Waals surface area (Å²) in [6.45, 7) is 2.47. The SMILES string of the molecule is N#Cc1ccc([N+](=O)[O-])c(OCCC2CCCNC2)c1. The van der Waals surface area contributed by atoms with E-state index in [0.717, 1.165) is 32.4 Å². The molecule has 1 aromatic carbocycles. The molecule has 6 nitrogen and oxygen atoms in total. The highest BCUT2D eigenvalue weighted by Gasteiger charge is 2.17. The molecule has 1 unspecified atom stereocenters. The summed E-state index contributed by atoms with van der Waals surface area (Å²) in [4.78, 5) is 10.4. The second kappa shape index (κ2) is 6.87. The minimum Gasteiger partial charge on any atom is -0.487 e. The van der Waals surface area contributed by atoms with E-state index in [1.54, 1.807) is 0 Å². The molecule has 1 fully saturated rings. The lowest BCUT2D eigenvalue weighted by atomic mass is 9.97. The van der Waals surface area contributed by atoms with Gasteiger partial charge in [0.05, 0.1) is 23.2 Å². The average molecular weight is 275 g/mol. The standard InChI is InChI=1S/C14H17N3O3/c15-9-12-3-4-13(17(18)19)14(8-12)20-7-5-11-2-1-6-16-10-11/h3-4,8,11,16H,1-2,5-7,10H2. The molecule has 1 atom stereocenters. The first-order valence-electron chi connectivity index (χ1n) is 6.73. The molecule has 0 saturated carbocycles. The molecule has 0 spiro atoms. The van der Waals surface area contributed by atoms with Gasteiger partial charge in [-0.25, -0.2) is 0 Å². The first kappa shape index (κ1) is 14.3. The van der Waals surface area contributed by atoms with Crippen LogP contribution in [0.1, 0.15) is 24.8 Å². The number of benzene rings is 1. The molecule has 1 aliphatic rings. The van der Waals surface area contributed by atoms with E-state index >= 15 is 0 Å². The zero-order valence-electron chi connectivity index (χ0n) is 11.2. The van der Waals surface area contributed by atoms with E-state index in [1.165, 1.54) is 18.2 Å². The van der Waals surface area contributed by atoms with Crippen molar-refractivity contribution in [2.24, 2.45) is 5.92 Å². The van der Waals surface area contributed by atoms with Gasteiger partial charge in [-0.1, -0.05) is 0 Å². The molecule has 1 saturated heterocycles. The second-order valence-corrected chi connectivity index (χ2v) is 4.90. The van der Waals surface area contributed by atoms with Crippen molar-refractivity contribution in [1.29, 1.82) is 5.26 Å². The molecule has 0 radical (unpaired) electrons. The Hall–Kier alpha value is -2.13. The minimum absolute atomic E-state index is 0.0919. The number of nitro groups is 1. The van der Waals surface area contributed by atoms with Crippen LogP contribution in [0.5, 0.6) is 5.75 Å². The van der Waals surface area contributed by atoms with Crippen LogP contribution < -0.4 is 10.1 Å². The monoisotopic (exact) mass is 275 g/mol. The molecule has 0 aliphatic carbocycles. The maximum absolute atomic E-state index is 10.9. The molecular formula is C14H17N3O3. The Morgan fingerprint density at radius 1 is 1.55 bits per heavy atom. The molecule has 1 heterocycles. The third kappa shape index (κ3) is 3.68. The summed E-state index contributed by atoms with van der Waals surface area (Å²) < 4.78 is 5.52. The summed E-state index contributed by atoms with van der Waals surface area (Å²) in [6.07, 6.45) is 3.19. The van der Waals surface area contributed by atoms with Crippen molar-refractivity contribution in [3.63, 3.8) is 0 Å². The highest BCUT2D eigenvalue weighted by Crippen LogP contribution is 2.28. The van der Waals surface area contributed by atoms with Gasteiger partial charge in [0.1, 0.15) is 0 Å². The van der Waals surface area contributed by atoms with Crippen molar-refractivity contribution in [3.05, 3.63) is 33.9 Å². The van der Waals surface area contributed by atoms with Crippen molar-refractivity contribution < 1.29 is 9.66 Å². The maximum Gasteiger partial charge on any atom is 0.311 e. The Morgan fingerprint density at radius 2 is 2.40 bits per heavy atom. The number of nitrogens with zero attached hydrogens (tertiary/aromatic N) is 2. The van der Waals surface area contributed by atoms with Crippen LogP contribution in [0, 0.1) is 27.4 Å². The van der Waals surface area contributed by atoms with Gasteiger partial charge in [0.2, 0.25) is 0 Å². The summed E-state index contributed by atoms with van der Waals surface area (Å²) in [7, 11) is 0. The third-order valence-electron chi connectivity index (χ3n) is 3.47. The zero-order valence-corrected chi connectivity index (χ0v) is 11.2. The van der Waals surface area contributed by atoms with Gasteiger partial charge in [0.25, 0.3) is 0 Å². The number of rotatable bonds is 5. The topological polar surface area (TPSA) is 88.2 Å². The molecule has 106 valence electrons. The van der Waals surface area contributed by atoms with Crippen LogP contribution in [0.2, 0.25) is 0 Å². The number of nitrogens with one attached hydrogen (secondary N) is 1. The van der Waals surface area contributed by atoms with Crippen LogP contribution in [0.4, 0.5) is 5.69 Å². The highest BCUT2D eigenvalue weighted by atomic mass is 16.6. The minimum atomic E-state index is -0.487. The predicted molar refractivity (Wildman–Crippen MR) is 73.5 cm³/mol. The summed E-state index contributed by atoms with van der Waals surface area (Å²) in [6, 6.07) is 6.13. The first-order chi connectivity index (χ1) is 9.70. The van der Waals surface area contributed by atoms with Crippen LogP contribution in [0.15, 0.2) is 18.2 Å². The van der Waals surface area contributed by atoms with E-state index in [0.29, 0.717) is 18.1 Å². The van der Waals surface area contributed by atoms with E-state index in [-0.39, 0.29) is 11.4 Å². The molecule has 0 amide bonds. The largest absolute Gasteiger partial charge is 0.487 e. The predicted octanol–water partition coefficient (Wildman–Crippen LogP) is 2.23. The summed E-state index contributed by atoms with van der Waals surface area (Å²) in [5.74, 6) is 0.736. The lowest BCUT2D eigenvalue weighted by Crippen LogP contribution is -2.30. The normalized spacial score (nSPS) is 18.2. The van der Waals surface area contributed by atoms with E-state index in [9.17, 15) is 10.1 Å². The van der Waals surface area contributed by atoms with E-state index in [2.05, 4.69) is 5.32 Å². The van der Waals surface area contributed by atoms with Gasteiger partial charge in [0.15, 0.2) is 5.75 Å². The number of ether oxygens (including phenoxy) is 1. The van der Waals surface area contributed by atoms with Crippen molar-refractivity contribution in [1.82, 2.24) is 5.32 Å². The number of piperidine rings is 1. The van der Waals surface area contributed by atoms with Gasteiger partial charge in [-0.3, -0.25) is 10.1 Å². The Morgan fingerprint density at radius 3 is 3.05 bits per heavy atom. The van der Waals surface area contributed by atoms with E-state index in [4.69, 9.17) is 10.00 Å². The van der Waals surface area contributed by atoms with Gasteiger partial charge < -0.3 is 10.1 Å². The van der Waals surface area contributed by atoms with Crippen LogP contribution in [-0.4, -0.2) is 24.6 Å². The smallest absolute Gasteiger partial charge is 0.311 e. The lowest BCUT2D eigenvalue weighted by molar-refractivity contribution is -0.385. The summed E-state index contributed by atoms with van der Waals surface area (Å²) in [5, 5.41) is 23.1. The van der Waals surface area contributed by atoms with Gasteiger partial charge in [0, 0.05) is 12.1 Å². The fourth-order valence-electron chi connectivity index (χ4n) is 2.36. The van der Waals surface area contributed by atoms with Crippen molar-refractivity contribution in [2.45, 2.75) is 19.3 Å². The van der Waals surface area contributed by atoms with Gasteiger partial charge >= 0.3 is 5.69 Å². The number of nitro benzene ring substituents is 1. The second-order valence-electron chi connectivity index (χ2n) is 4.90. The summed E-state index contributed by atoms with van der Waals surface area (Å²) in [5.41, 5.74) is 0.274. The number of hydrogen-bond donors (Lipinski definition) is 1. The molecule has 6 heteroatoms. The molecule has 20 heavy (non-hydrogen) atoms. The summed E-state index contributed by atoms with van der Waals surface area (Å²) >= 11 is 0. The Kier molecular flexibility index (Phi) is 4.91. The van der Waals surface area contributed by atoms with E-state index in [1.807, 2.05) is 6.07 Å². The van der Waals surface area contributed by atoms with E-state index < -0.39 is 4.92 Å². The molecule has 1 aliphatic heterocycles. The first-order valence-corrected chi connectivity index (χ1v) is 6.73. The van der Waals surface area contributed by atoms with Crippen LogP contribution in [0.25, 0.3) is 0 Å². The quantitative estimate of drug-likeness (QED) is 0.657. The van der Waals surface area contributed by atoms with Crippen molar-refractivity contribution in [2.75, 3.05) is 19.7 Å². The maximum atomic E-state index is 10.9. The van der Waals surface area contributed by atoms with Crippen molar-refractivity contribution in [3.8, 4) is 11.8 Å². The molecular weight excluding hydrogens is 258 g/mol. The molecule has 1 N–H and O–H groups in total. The van der Waals surface area contributed by atoms with Crippen molar-refractivity contribution >= 4 is 5.69 Å². The van der Waals surface area contributed by atoms with Gasteiger partial charge in [-0.2, -0.15) is 5.26 Å². The van der Waals surface area contributed by atoms with Gasteiger partial charge in [-0.05, 0) is 44.3 Å². The molecule has 1 aromatic rings. The lowest BCUT2D eigenvalue weighted by Gasteiger charge is -2.22. The highest BCUT2D eigenvalue weighted by molar-refractivity contribution is 5.51. The number of nitriles is 1. The fourth-order valence-corrected chi connectivity index (χ4v) is 2.36.